The van der Waals surface area contributed by atoms with Gasteiger partial charge in [-0.25, -0.2) is 0 Å². The number of benzene rings is 1. The Morgan fingerprint density at radius 1 is 1.10 bits per heavy atom. The zero-order chi connectivity index (χ0) is 15.5. The van der Waals surface area contributed by atoms with Crippen LogP contribution in [0.1, 0.15) is 44.9 Å². The molecule has 118 valence electrons. The second-order valence-electron chi connectivity index (χ2n) is 4.89. The van der Waals surface area contributed by atoms with Gasteiger partial charge in [0.25, 0.3) is 5.69 Å². The number of nitro benzene ring substituents is 1. The second-order valence-corrected chi connectivity index (χ2v) is 6.13. The maximum absolute atomic E-state index is 10.8. The predicted octanol–water partition coefficient (Wildman–Crippen LogP) is 5.40. The number of rotatable bonds is 11. The summed E-state index contributed by atoms with van der Waals surface area (Å²) in [5, 5.41) is 10.8. The lowest BCUT2D eigenvalue weighted by molar-refractivity contribution is -0.385. The molecule has 4 nitrogen and oxygen atoms in total. The molecule has 0 atom stereocenters. The molecule has 0 heterocycles. The minimum atomic E-state index is -0.415. The first-order valence-corrected chi connectivity index (χ1v) is 8.76. The summed E-state index contributed by atoms with van der Waals surface area (Å²) in [5.74, 6) is 1.52. The van der Waals surface area contributed by atoms with Gasteiger partial charge in [-0.1, -0.05) is 38.2 Å². The first kappa shape index (κ1) is 18.3. The van der Waals surface area contributed by atoms with Gasteiger partial charge in [0.1, 0.15) is 10.2 Å². The highest BCUT2D eigenvalue weighted by Crippen LogP contribution is 2.33. The number of nitrogens with zero attached hydrogens (tertiary/aromatic N) is 1. The van der Waals surface area contributed by atoms with Crippen molar-refractivity contribution in [1.29, 1.82) is 0 Å². The van der Waals surface area contributed by atoms with Crippen molar-refractivity contribution >= 4 is 34.2 Å². The lowest BCUT2D eigenvalue weighted by Gasteiger charge is -2.08. The molecule has 21 heavy (non-hydrogen) atoms. The van der Waals surface area contributed by atoms with Gasteiger partial charge in [0.2, 0.25) is 0 Å². The summed E-state index contributed by atoms with van der Waals surface area (Å²) in [4.78, 5) is 10.4. The molecule has 0 aliphatic heterocycles. The molecule has 0 N–H and O–H groups in total. The third kappa shape index (κ3) is 7.18. The highest BCUT2D eigenvalue weighted by Gasteiger charge is 2.15. The summed E-state index contributed by atoms with van der Waals surface area (Å²) in [7, 11) is 0. The number of hydrogen-bond acceptors (Lipinski definition) is 4. The van der Waals surface area contributed by atoms with Gasteiger partial charge in [0.15, 0.2) is 0 Å². The third-order valence-electron chi connectivity index (χ3n) is 3.20. The van der Waals surface area contributed by atoms with Crippen molar-refractivity contribution in [1.82, 2.24) is 0 Å². The Morgan fingerprint density at radius 2 is 1.71 bits per heavy atom. The smallest absolute Gasteiger partial charge is 0.287 e. The number of unbranched alkanes of at least 4 members (excludes halogenated alkanes) is 6. The van der Waals surface area contributed by atoms with Crippen molar-refractivity contribution in [2.24, 2.45) is 0 Å². The van der Waals surface area contributed by atoms with E-state index in [0.29, 0.717) is 16.8 Å². The minimum absolute atomic E-state index is 0.0386. The van der Waals surface area contributed by atoms with Crippen molar-refractivity contribution in [2.75, 3.05) is 12.4 Å². The van der Waals surface area contributed by atoms with Crippen molar-refractivity contribution < 1.29 is 9.66 Å². The highest BCUT2D eigenvalue weighted by atomic mass is 79.9. The maximum Gasteiger partial charge on any atom is 0.287 e. The van der Waals surface area contributed by atoms with Crippen LogP contribution in [0.2, 0.25) is 0 Å². The molecule has 0 amide bonds. The molecule has 1 rings (SSSR count). The fraction of sp³-hybridized carbons (Fsp3) is 0.600. The number of halogens is 1. The second kappa shape index (κ2) is 10.9. The van der Waals surface area contributed by atoms with Gasteiger partial charge in [-0.2, -0.15) is 12.6 Å². The van der Waals surface area contributed by atoms with Gasteiger partial charge >= 0.3 is 0 Å². The molecule has 0 fully saturated rings. The average molecular weight is 376 g/mol. The Hall–Kier alpha value is -0.750. The predicted molar refractivity (Wildman–Crippen MR) is 92.5 cm³/mol. The van der Waals surface area contributed by atoms with Gasteiger partial charge in [-0.15, -0.1) is 0 Å². The molecule has 1 aromatic carbocycles. The summed E-state index contributed by atoms with van der Waals surface area (Å²) in [6, 6.07) is 4.84. The molecule has 0 aromatic heterocycles. The molecule has 0 radical (unpaired) electrons. The Labute approximate surface area is 140 Å². The molecule has 1 aromatic rings. The van der Waals surface area contributed by atoms with Gasteiger partial charge in [0.05, 0.1) is 11.5 Å². The van der Waals surface area contributed by atoms with Crippen molar-refractivity contribution in [3.05, 3.63) is 32.8 Å². The lowest BCUT2D eigenvalue weighted by atomic mass is 10.1. The SMILES string of the molecule is O=[N+]([O-])c1cccc(OCCCCCCCCCS)c1Br. The van der Waals surface area contributed by atoms with Gasteiger partial charge in [0, 0.05) is 6.07 Å². The van der Waals surface area contributed by atoms with E-state index in [0.717, 1.165) is 18.6 Å². The van der Waals surface area contributed by atoms with Crippen LogP contribution in [0.15, 0.2) is 22.7 Å². The fourth-order valence-electron chi connectivity index (χ4n) is 2.03. The minimum Gasteiger partial charge on any atom is -0.492 e. The lowest BCUT2D eigenvalue weighted by Crippen LogP contribution is -1.99. The topological polar surface area (TPSA) is 52.4 Å². The summed E-state index contributed by atoms with van der Waals surface area (Å²) in [5.41, 5.74) is 0.0386. The van der Waals surface area contributed by atoms with Crippen LogP contribution in [-0.4, -0.2) is 17.3 Å². The molecule has 0 bridgehead atoms. The number of nitro groups is 1. The zero-order valence-electron chi connectivity index (χ0n) is 12.1. The normalized spacial score (nSPS) is 10.6. The van der Waals surface area contributed by atoms with Gasteiger partial charge in [-0.05, 0) is 40.6 Å². The number of thiol groups is 1. The van der Waals surface area contributed by atoms with Gasteiger partial charge < -0.3 is 4.74 Å². The monoisotopic (exact) mass is 375 g/mol. The number of ether oxygens (including phenoxy) is 1. The van der Waals surface area contributed by atoms with E-state index in [9.17, 15) is 10.1 Å². The Bertz CT molecular complexity index is 443. The van der Waals surface area contributed by atoms with Crippen LogP contribution in [0, 0.1) is 10.1 Å². The van der Waals surface area contributed by atoms with E-state index in [-0.39, 0.29) is 5.69 Å². The van der Waals surface area contributed by atoms with E-state index in [1.165, 1.54) is 38.2 Å². The first-order valence-electron chi connectivity index (χ1n) is 7.33. The zero-order valence-corrected chi connectivity index (χ0v) is 14.6. The Balaban J connectivity index is 2.19. The van der Waals surface area contributed by atoms with Crippen molar-refractivity contribution in [3.8, 4) is 5.75 Å². The van der Waals surface area contributed by atoms with Gasteiger partial charge in [-0.3, -0.25) is 10.1 Å². The summed E-state index contributed by atoms with van der Waals surface area (Å²) < 4.78 is 6.03. The average Bonchev–Trinajstić information content (AvgIpc) is 2.46. The van der Waals surface area contributed by atoms with E-state index in [1.807, 2.05) is 0 Å². The van der Waals surface area contributed by atoms with E-state index in [1.54, 1.807) is 12.1 Å². The molecule has 0 saturated carbocycles. The third-order valence-corrected chi connectivity index (χ3v) is 4.31. The van der Waals surface area contributed by atoms with Crippen LogP contribution in [0.5, 0.6) is 5.75 Å². The van der Waals surface area contributed by atoms with E-state index >= 15 is 0 Å². The van der Waals surface area contributed by atoms with E-state index < -0.39 is 4.92 Å². The molecule has 0 saturated heterocycles. The maximum atomic E-state index is 10.8. The largest absolute Gasteiger partial charge is 0.492 e. The standard InChI is InChI=1S/C15H22BrNO3S/c16-15-13(17(18)19)9-8-10-14(15)20-11-6-4-2-1-3-5-7-12-21/h8-10,21H,1-7,11-12H2. The quantitative estimate of drug-likeness (QED) is 0.244. The first-order chi connectivity index (χ1) is 10.2. The van der Waals surface area contributed by atoms with Crippen LogP contribution in [0.4, 0.5) is 5.69 Å². The summed E-state index contributed by atoms with van der Waals surface area (Å²) >= 11 is 7.42. The van der Waals surface area contributed by atoms with Crippen molar-refractivity contribution in [2.45, 2.75) is 44.9 Å². The summed E-state index contributed by atoms with van der Waals surface area (Å²) in [6.45, 7) is 0.594. The summed E-state index contributed by atoms with van der Waals surface area (Å²) in [6.07, 6.45) is 8.32. The Kier molecular flexibility index (Phi) is 9.50. The van der Waals surface area contributed by atoms with E-state index in [2.05, 4.69) is 28.6 Å². The van der Waals surface area contributed by atoms with Crippen LogP contribution < -0.4 is 4.74 Å². The van der Waals surface area contributed by atoms with Crippen LogP contribution in [0.3, 0.4) is 0 Å². The molecule has 0 aliphatic rings. The molecular formula is C15H22BrNO3S. The molecule has 0 unspecified atom stereocenters. The van der Waals surface area contributed by atoms with Crippen molar-refractivity contribution in [3.63, 3.8) is 0 Å². The number of hydrogen-bond donors (Lipinski definition) is 1. The van der Waals surface area contributed by atoms with E-state index in [4.69, 9.17) is 4.74 Å². The van der Waals surface area contributed by atoms with Crippen LogP contribution >= 0.6 is 28.6 Å². The Morgan fingerprint density at radius 3 is 2.33 bits per heavy atom. The highest BCUT2D eigenvalue weighted by molar-refractivity contribution is 9.10. The fourth-order valence-corrected chi connectivity index (χ4v) is 2.78. The molecule has 6 heteroatoms. The molecule has 0 aliphatic carbocycles. The molecule has 0 spiro atoms. The van der Waals surface area contributed by atoms with Crippen LogP contribution in [-0.2, 0) is 0 Å². The van der Waals surface area contributed by atoms with Crippen LogP contribution in [0.25, 0.3) is 0 Å². The molecular weight excluding hydrogens is 354 g/mol.